The number of rotatable bonds is 4. The van der Waals surface area contributed by atoms with Crippen molar-refractivity contribution in [1.82, 2.24) is 0 Å². The number of hydrogen-bond donors (Lipinski definition) is 1. The lowest BCUT2D eigenvalue weighted by Crippen LogP contribution is -2.09. The Bertz CT molecular complexity index is 606. The highest BCUT2D eigenvalue weighted by Crippen LogP contribution is 2.27. The second kappa shape index (κ2) is 6.30. The number of benzene rings is 2. The number of aliphatic hydroxyl groups excluding tert-OH is 1. The Morgan fingerprint density at radius 3 is 2.50 bits per heavy atom. The molecule has 0 aliphatic carbocycles. The van der Waals surface area contributed by atoms with E-state index in [-0.39, 0.29) is 12.4 Å². The molecule has 0 unspecified atom stereocenters. The Balaban J connectivity index is 2.59. The highest BCUT2D eigenvalue weighted by atomic mass is 19.1. The summed E-state index contributed by atoms with van der Waals surface area (Å²) in [6, 6.07) is 11.3. The van der Waals surface area contributed by atoms with Gasteiger partial charge >= 0.3 is 5.97 Å². The van der Waals surface area contributed by atoms with E-state index in [0.29, 0.717) is 23.1 Å². The molecule has 0 aliphatic rings. The maximum absolute atomic E-state index is 13.0. The molecular formula is C16H15FO3. The van der Waals surface area contributed by atoms with Crippen molar-refractivity contribution >= 4 is 5.97 Å². The average molecular weight is 274 g/mol. The number of aliphatic hydroxyl groups is 1. The van der Waals surface area contributed by atoms with Crippen LogP contribution in [0, 0.1) is 5.82 Å². The molecule has 0 aromatic heterocycles. The number of carbonyl (C=O) groups excluding carboxylic acids is 1. The van der Waals surface area contributed by atoms with Crippen molar-refractivity contribution in [2.24, 2.45) is 0 Å². The van der Waals surface area contributed by atoms with E-state index in [1.54, 1.807) is 30.3 Å². The Kier molecular flexibility index (Phi) is 4.48. The first-order valence-corrected chi connectivity index (χ1v) is 6.24. The molecule has 2 aromatic rings. The summed E-state index contributed by atoms with van der Waals surface area (Å²) >= 11 is 0. The molecule has 0 bridgehead atoms. The number of hydrogen-bond acceptors (Lipinski definition) is 3. The van der Waals surface area contributed by atoms with Gasteiger partial charge in [0.25, 0.3) is 0 Å². The Morgan fingerprint density at radius 2 is 1.90 bits per heavy atom. The lowest BCUT2D eigenvalue weighted by Gasteiger charge is -2.12. The summed E-state index contributed by atoms with van der Waals surface area (Å²) in [7, 11) is 1.31. The van der Waals surface area contributed by atoms with Gasteiger partial charge in [-0.1, -0.05) is 30.3 Å². The van der Waals surface area contributed by atoms with E-state index in [4.69, 9.17) is 9.84 Å². The molecule has 4 heteroatoms. The molecule has 0 saturated heterocycles. The van der Waals surface area contributed by atoms with Crippen molar-refractivity contribution in [3.05, 3.63) is 59.4 Å². The maximum Gasteiger partial charge on any atom is 0.338 e. The fourth-order valence-corrected chi connectivity index (χ4v) is 2.14. The van der Waals surface area contributed by atoms with E-state index in [9.17, 15) is 9.18 Å². The van der Waals surface area contributed by atoms with Crippen molar-refractivity contribution in [3.63, 3.8) is 0 Å². The van der Waals surface area contributed by atoms with E-state index < -0.39 is 5.97 Å². The number of esters is 1. The summed E-state index contributed by atoms with van der Waals surface area (Å²) in [6.45, 7) is -0.0587. The van der Waals surface area contributed by atoms with Crippen molar-refractivity contribution in [1.29, 1.82) is 0 Å². The highest BCUT2D eigenvalue weighted by Gasteiger charge is 2.17. The van der Waals surface area contributed by atoms with Gasteiger partial charge in [-0.15, -0.1) is 0 Å². The van der Waals surface area contributed by atoms with Crippen molar-refractivity contribution in [3.8, 4) is 11.1 Å². The van der Waals surface area contributed by atoms with Gasteiger partial charge in [0.1, 0.15) is 5.82 Å². The fraction of sp³-hybridized carbons (Fsp3) is 0.188. The maximum atomic E-state index is 13.0. The minimum atomic E-state index is -0.464. The SMILES string of the molecule is COC(=O)c1c(CCO)cccc1-c1ccc(F)cc1. The van der Waals surface area contributed by atoms with Crippen LogP contribution in [0.15, 0.2) is 42.5 Å². The first-order chi connectivity index (χ1) is 9.67. The van der Waals surface area contributed by atoms with Gasteiger partial charge < -0.3 is 9.84 Å². The molecule has 20 heavy (non-hydrogen) atoms. The zero-order chi connectivity index (χ0) is 14.5. The quantitative estimate of drug-likeness (QED) is 0.872. The van der Waals surface area contributed by atoms with Gasteiger partial charge in [0.05, 0.1) is 12.7 Å². The zero-order valence-corrected chi connectivity index (χ0v) is 11.1. The van der Waals surface area contributed by atoms with Gasteiger partial charge in [-0.25, -0.2) is 9.18 Å². The van der Waals surface area contributed by atoms with Crippen LogP contribution in [0.1, 0.15) is 15.9 Å². The first-order valence-electron chi connectivity index (χ1n) is 6.24. The molecular weight excluding hydrogens is 259 g/mol. The van der Waals surface area contributed by atoms with Gasteiger partial charge in [-0.2, -0.15) is 0 Å². The van der Waals surface area contributed by atoms with Gasteiger partial charge in [-0.3, -0.25) is 0 Å². The molecule has 2 rings (SSSR count). The van der Waals surface area contributed by atoms with Gasteiger partial charge in [0.2, 0.25) is 0 Å². The minimum absolute atomic E-state index is 0.0587. The second-order valence-electron chi connectivity index (χ2n) is 4.31. The van der Waals surface area contributed by atoms with Crippen LogP contribution in [0.4, 0.5) is 4.39 Å². The third kappa shape index (κ3) is 2.86. The lowest BCUT2D eigenvalue weighted by molar-refractivity contribution is 0.0600. The molecule has 0 atom stereocenters. The summed E-state index contributed by atoms with van der Waals surface area (Å²) in [6.07, 6.45) is 0.361. The number of methoxy groups -OCH3 is 1. The number of halogens is 1. The standard InChI is InChI=1S/C16H15FO3/c1-20-16(19)15-12(9-10-18)3-2-4-14(15)11-5-7-13(17)8-6-11/h2-8,18H,9-10H2,1H3. The number of ether oxygens (including phenoxy) is 1. The molecule has 1 N–H and O–H groups in total. The summed E-state index contributed by atoms with van der Waals surface area (Å²) in [5.41, 5.74) is 2.52. The van der Waals surface area contributed by atoms with Crippen LogP contribution in [0.3, 0.4) is 0 Å². The molecule has 3 nitrogen and oxygen atoms in total. The second-order valence-corrected chi connectivity index (χ2v) is 4.31. The van der Waals surface area contributed by atoms with Gasteiger partial charge in [0, 0.05) is 6.61 Å². The third-order valence-corrected chi connectivity index (χ3v) is 3.08. The van der Waals surface area contributed by atoms with Crippen molar-refractivity contribution in [2.75, 3.05) is 13.7 Å². The van der Waals surface area contributed by atoms with E-state index in [1.807, 2.05) is 0 Å². The van der Waals surface area contributed by atoms with Crippen LogP contribution in [0.5, 0.6) is 0 Å². The van der Waals surface area contributed by atoms with Crippen LogP contribution in [0.2, 0.25) is 0 Å². The minimum Gasteiger partial charge on any atom is -0.465 e. The lowest BCUT2D eigenvalue weighted by atomic mass is 9.94. The zero-order valence-electron chi connectivity index (χ0n) is 11.1. The van der Waals surface area contributed by atoms with E-state index in [2.05, 4.69) is 0 Å². The predicted octanol–water partition coefficient (Wildman–Crippen LogP) is 2.81. The normalized spacial score (nSPS) is 10.3. The molecule has 0 saturated carbocycles. The Morgan fingerprint density at radius 1 is 1.20 bits per heavy atom. The summed E-state index contributed by atoms with van der Waals surface area (Å²) in [5, 5.41) is 9.09. The van der Waals surface area contributed by atoms with Crippen molar-refractivity contribution < 1.29 is 19.0 Å². The monoisotopic (exact) mass is 274 g/mol. The van der Waals surface area contributed by atoms with Crippen LogP contribution < -0.4 is 0 Å². The molecule has 104 valence electrons. The molecule has 2 aromatic carbocycles. The van der Waals surface area contributed by atoms with E-state index >= 15 is 0 Å². The topological polar surface area (TPSA) is 46.5 Å². The number of carbonyl (C=O) groups is 1. The Hall–Kier alpha value is -2.20. The van der Waals surface area contributed by atoms with Gasteiger partial charge in [-0.05, 0) is 35.2 Å². The summed E-state index contributed by atoms with van der Waals surface area (Å²) < 4.78 is 17.8. The summed E-state index contributed by atoms with van der Waals surface area (Å²) in [5.74, 6) is -0.798. The molecule has 0 radical (unpaired) electrons. The predicted molar refractivity (Wildman–Crippen MR) is 74.0 cm³/mol. The molecule has 0 amide bonds. The third-order valence-electron chi connectivity index (χ3n) is 3.08. The van der Waals surface area contributed by atoms with Crippen LogP contribution in [0.25, 0.3) is 11.1 Å². The van der Waals surface area contributed by atoms with Crippen molar-refractivity contribution in [2.45, 2.75) is 6.42 Å². The van der Waals surface area contributed by atoms with E-state index in [1.165, 1.54) is 19.2 Å². The molecule has 0 fully saturated rings. The average Bonchev–Trinajstić information content (AvgIpc) is 2.47. The van der Waals surface area contributed by atoms with Gasteiger partial charge in [0.15, 0.2) is 0 Å². The fourth-order valence-electron chi connectivity index (χ4n) is 2.14. The summed E-state index contributed by atoms with van der Waals surface area (Å²) in [4.78, 5) is 12.0. The molecule has 0 heterocycles. The smallest absolute Gasteiger partial charge is 0.338 e. The van der Waals surface area contributed by atoms with E-state index in [0.717, 1.165) is 5.56 Å². The molecule has 0 spiro atoms. The largest absolute Gasteiger partial charge is 0.465 e. The van der Waals surface area contributed by atoms with Crippen LogP contribution in [-0.2, 0) is 11.2 Å². The Labute approximate surface area is 116 Å². The highest BCUT2D eigenvalue weighted by molar-refractivity contribution is 5.98. The molecule has 0 aliphatic heterocycles. The van der Waals surface area contributed by atoms with Crippen LogP contribution >= 0.6 is 0 Å². The van der Waals surface area contributed by atoms with Crippen LogP contribution in [-0.4, -0.2) is 24.8 Å². The first kappa shape index (κ1) is 14.2.